The molecule has 1 fully saturated rings. The predicted octanol–water partition coefficient (Wildman–Crippen LogP) is 3.61. The van der Waals surface area contributed by atoms with E-state index in [0.29, 0.717) is 18.4 Å². The third-order valence-electron chi connectivity index (χ3n) is 4.59. The van der Waals surface area contributed by atoms with E-state index in [1.54, 1.807) is 6.92 Å². The summed E-state index contributed by atoms with van der Waals surface area (Å²) in [6.45, 7) is 7.52. The third-order valence-corrected chi connectivity index (χ3v) is 5.12. The first-order valence-electron chi connectivity index (χ1n) is 8.27. The lowest BCUT2D eigenvalue weighted by Crippen LogP contribution is -2.51. The van der Waals surface area contributed by atoms with Gasteiger partial charge >= 0.3 is 0 Å². The van der Waals surface area contributed by atoms with E-state index in [1.807, 2.05) is 24.3 Å². The van der Waals surface area contributed by atoms with Crippen molar-refractivity contribution in [3.8, 4) is 0 Å². The van der Waals surface area contributed by atoms with Crippen molar-refractivity contribution in [2.45, 2.75) is 45.3 Å². The number of benzene rings is 1. The molecule has 3 atom stereocenters. The minimum Gasteiger partial charge on any atom is -0.378 e. The van der Waals surface area contributed by atoms with Gasteiger partial charge in [-0.25, -0.2) is 0 Å². The highest BCUT2D eigenvalue weighted by Gasteiger charge is 2.33. The van der Waals surface area contributed by atoms with Crippen LogP contribution in [0.25, 0.3) is 0 Å². The maximum absolute atomic E-state index is 12.6. The van der Waals surface area contributed by atoms with Gasteiger partial charge in [-0.15, -0.1) is 12.4 Å². The van der Waals surface area contributed by atoms with Gasteiger partial charge in [0.25, 0.3) is 0 Å². The molecule has 4 nitrogen and oxygen atoms in total. The van der Waals surface area contributed by atoms with Gasteiger partial charge in [-0.05, 0) is 43.4 Å². The molecule has 3 N–H and O–H groups in total. The lowest BCUT2D eigenvalue weighted by atomic mass is 9.86. The third kappa shape index (κ3) is 5.19. The van der Waals surface area contributed by atoms with E-state index >= 15 is 0 Å². The quantitative estimate of drug-likeness (QED) is 0.766. The van der Waals surface area contributed by atoms with Crippen molar-refractivity contribution >= 4 is 34.2 Å². The van der Waals surface area contributed by atoms with Gasteiger partial charge in [0.05, 0.1) is 6.10 Å². The number of carbonyl (C=O) groups excluding carboxylic acids is 1. The van der Waals surface area contributed by atoms with Gasteiger partial charge < -0.3 is 15.8 Å². The second-order valence-corrected chi connectivity index (χ2v) is 7.82. The second-order valence-electron chi connectivity index (χ2n) is 6.90. The lowest BCUT2D eigenvalue weighted by molar-refractivity contribution is -0.127. The number of nitrogens with one attached hydrogen (secondary N) is 1. The Balaban J connectivity index is 0.00000288. The molecule has 2 rings (SSSR count). The van der Waals surface area contributed by atoms with Gasteiger partial charge in [-0.3, -0.25) is 4.79 Å². The van der Waals surface area contributed by atoms with Crippen LogP contribution in [0.4, 0.5) is 0 Å². The van der Waals surface area contributed by atoms with E-state index < -0.39 is 5.54 Å². The first-order valence-corrected chi connectivity index (χ1v) is 9.06. The second kappa shape index (κ2) is 9.18. The topological polar surface area (TPSA) is 64.3 Å². The lowest BCUT2D eigenvalue weighted by Gasteiger charge is -2.35. The summed E-state index contributed by atoms with van der Waals surface area (Å²) in [5.41, 5.74) is 6.05. The molecule has 1 amide bonds. The highest BCUT2D eigenvalue weighted by Crippen LogP contribution is 2.26. The molecule has 24 heavy (non-hydrogen) atoms. The van der Waals surface area contributed by atoms with E-state index in [-0.39, 0.29) is 24.4 Å². The molecule has 0 bridgehead atoms. The smallest absolute Gasteiger partial charge is 0.244 e. The summed E-state index contributed by atoms with van der Waals surface area (Å²) in [7, 11) is 0. The Morgan fingerprint density at radius 1 is 1.42 bits per heavy atom. The van der Waals surface area contributed by atoms with E-state index in [0.717, 1.165) is 29.5 Å². The zero-order chi connectivity index (χ0) is 17.0. The van der Waals surface area contributed by atoms with Crippen molar-refractivity contribution in [3.05, 3.63) is 34.3 Å². The Labute approximate surface area is 159 Å². The van der Waals surface area contributed by atoms with Crippen molar-refractivity contribution in [3.63, 3.8) is 0 Å². The van der Waals surface area contributed by atoms with E-state index in [2.05, 4.69) is 35.1 Å². The van der Waals surface area contributed by atoms with Gasteiger partial charge in [0.1, 0.15) is 5.54 Å². The van der Waals surface area contributed by atoms with E-state index in [9.17, 15) is 4.79 Å². The van der Waals surface area contributed by atoms with Gasteiger partial charge in [0.15, 0.2) is 0 Å². The molecule has 0 radical (unpaired) electrons. The number of hydrogen-bond donors (Lipinski definition) is 2. The van der Waals surface area contributed by atoms with Crippen molar-refractivity contribution in [2.75, 3.05) is 13.2 Å². The van der Waals surface area contributed by atoms with Gasteiger partial charge in [-0.1, -0.05) is 41.9 Å². The van der Waals surface area contributed by atoms with Crippen LogP contribution in [0.5, 0.6) is 0 Å². The summed E-state index contributed by atoms with van der Waals surface area (Å²) in [6, 6.07) is 7.56. The van der Waals surface area contributed by atoms with Crippen molar-refractivity contribution in [1.82, 2.24) is 5.32 Å². The maximum Gasteiger partial charge on any atom is 0.244 e. The van der Waals surface area contributed by atoms with Gasteiger partial charge in [-0.2, -0.15) is 0 Å². The molecule has 1 aliphatic rings. The standard InChI is InChI=1S/C18H27BrN2O2.ClH/c1-12(2)16-13(5-4-10-23-16)11-21-17(22)18(3,20)14-6-8-15(19)9-7-14;/h6-9,12-13,16H,4-5,10-11,20H2,1-3H3,(H,21,22);1H. The van der Waals surface area contributed by atoms with Crippen LogP contribution in [0.2, 0.25) is 0 Å². The SMILES string of the molecule is CC(C)C1OCCCC1CNC(=O)C(C)(N)c1ccc(Br)cc1.Cl. The molecule has 0 saturated carbocycles. The Morgan fingerprint density at radius 3 is 2.62 bits per heavy atom. The summed E-state index contributed by atoms with van der Waals surface area (Å²) in [4.78, 5) is 12.6. The Morgan fingerprint density at radius 2 is 2.04 bits per heavy atom. The fourth-order valence-corrected chi connectivity index (χ4v) is 3.42. The largest absolute Gasteiger partial charge is 0.378 e. The van der Waals surface area contributed by atoms with E-state index in [1.165, 1.54) is 0 Å². The Bertz CT molecular complexity index is 534. The number of hydrogen-bond acceptors (Lipinski definition) is 3. The Hall–Kier alpha value is -0.620. The fraction of sp³-hybridized carbons (Fsp3) is 0.611. The van der Waals surface area contributed by atoms with Crippen LogP contribution < -0.4 is 11.1 Å². The number of nitrogens with two attached hydrogens (primary N) is 1. The zero-order valence-electron chi connectivity index (χ0n) is 14.5. The number of halogens is 2. The number of amides is 1. The van der Waals surface area contributed by atoms with Crippen molar-refractivity contribution < 1.29 is 9.53 Å². The van der Waals surface area contributed by atoms with Crippen LogP contribution in [0.3, 0.4) is 0 Å². The summed E-state index contributed by atoms with van der Waals surface area (Å²) in [5.74, 6) is 0.661. The summed E-state index contributed by atoms with van der Waals surface area (Å²) >= 11 is 3.40. The highest BCUT2D eigenvalue weighted by atomic mass is 79.9. The molecule has 1 aromatic carbocycles. The molecule has 1 aromatic rings. The van der Waals surface area contributed by atoms with Crippen LogP contribution in [0.15, 0.2) is 28.7 Å². The average molecular weight is 420 g/mol. The summed E-state index contributed by atoms with van der Waals surface area (Å²) in [5, 5.41) is 3.03. The van der Waals surface area contributed by atoms with Gasteiger partial charge in [0.2, 0.25) is 5.91 Å². The number of carbonyl (C=O) groups is 1. The highest BCUT2D eigenvalue weighted by molar-refractivity contribution is 9.10. The molecule has 0 aliphatic carbocycles. The van der Waals surface area contributed by atoms with Crippen LogP contribution >= 0.6 is 28.3 Å². The van der Waals surface area contributed by atoms with Gasteiger partial charge in [0, 0.05) is 23.5 Å². The summed E-state index contributed by atoms with van der Waals surface area (Å²) in [6.07, 6.45) is 2.35. The monoisotopic (exact) mass is 418 g/mol. The number of ether oxygens (including phenoxy) is 1. The molecule has 6 heteroatoms. The summed E-state index contributed by atoms with van der Waals surface area (Å²) < 4.78 is 6.85. The molecular weight excluding hydrogens is 392 g/mol. The first kappa shape index (κ1) is 21.4. The zero-order valence-corrected chi connectivity index (χ0v) is 17.0. The molecule has 3 unspecified atom stereocenters. The molecule has 0 aromatic heterocycles. The number of rotatable bonds is 5. The average Bonchev–Trinajstić information content (AvgIpc) is 2.53. The molecule has 1 aliphatic heterocycles. The normalized spacial score (nSPS) is 23.2. The molecule has 0 spiro atoms. The van der Waals surface area contributed by atoms with Crippen molar-refractivity contribution in [2.24, 2.45) is 17.6 Å². The fourth-order valence-electron chi connectivity index (χ4n) is 3.15. The van der Waals surface area contributed by atoms with Crippen LogP contribution in [0, 0.1) is 11.8 Å². The Kier molecular flexibility index (Phi) is 8.20. The minimum atomic E-state index is -1.04. The van der Waals surface area contributed by atoms with Crippen LogP contribution in [-0.2, 0) is 15.1 Å². The predicted molar refractivity (Wildman–Crippen MR) is 103 cm³/mol. The van der Waals surface area contributed by atoms with Crippen LogP contribution in [0.1, 0.15) is 39.2 Å². The first-order chi connectivity index (χ1) is 10.8. The van der Waals surface area contributed by atoms with Crippen LogP contribution in [-0.4, -0.2) is 25.2 Å². The van der Waals surface area contributed by atoms with Crippen molar-refractivity contribution in [1.29, 1.82) is 0 Å². The maximum atomic E-state index is 12.6. The minimum absolute atomic E-state index is 0. The molecule has 1 saturated heterocycles. The molecule has 136 valence electrons. The van der Waals surface area contributed by atoms with E-state index in [4.69, 9.17) is 10.5 Å². The molecular formula is C18H28BrClN2O2. The molecule has 1 heterocycles.